The Balaban J connectivity index is 2.38. The Morgan fingerprint density at radius 1 is 1.14 bits per heavy atom. The number of rotatable bonds is 7. The second-order valence-electron chi connectivity index (χ2n) is 6.79. The number of hydrogen-bond acceptors (Lipinski definition) is 6. The number of imidazole rings is 1. The number of fused-ring (bicyclic) bond motifs is 1. The highest BCUT2D eigenvalue weighted by molar-refractivity contribution is 5.74. The number of aryl methyl sites for hydroxylation is 4. The average molecular weight is 402 g/mol. The predicted octanol–water partition coefficient (Wildman–Crippen LogP) is 0.790. The molecule has 10 nitrogen and oxygen atoms in total. The molecule has 0 fully saturated rings. The monoisotopic (exact) mass is 402 g/mol. The van der Waals surface area contributed by atoms with E-state index in [1.54, 1.807) is 9.25 Å². The van der Waals surface area contributed by atoms with Gasteiger partial charge in [-0.05, 0) is 25.3 Å². The van der Waals surface area contributed by atoms with Gasteiger partial charge in [0.05, 0.1) is 12.8 Å². The van der Waals surface area contributed by atoms with Crippen molar-refractivity contribution in [1.82, 2.24) is 28.5 Å². The highest BCUT2D eigenvalue weighted by atomic mass is 16.5. The smallest absolute Gasteiger partial charge is 0.333 e. The SMILES string of the molecule is CCCn1c(-n2nc(CC)cc2CC)nc2c1c(=O)n(CC(=O)OC)c(=O)n2C. The molecule has 0 amide bonds. The van der Waals surface area contributed by atoms with Crippen molar-refractivity contribution < 1.29 is 9.53 Å². The van der Waals surface area contributed by atoms with Crippen LogP contribution in [0, 0.1) is 0 Å². The number of esters is 1. The summed E-state index contributed by atoms with van der Waals surface area (Å²) in [7, 11) is 2.75. The number of carbonyl (C=O) groups excluding carboxylic acids is 1. The molecule has 10 heteroatoms. The lowest BCUT2D eigenvalue weighted by molar-refractivity contribution is -0.141. The van der Waals surface area contributed by atoms with Crippen LogP contribution < -0.4 is 11.2 Å². The van der Waals surface area contributed by atoms with E-state index < -0.39 is 23.8 Å². The van der Waals surface area contributed by atoms with Crippen LogP contribution >= 0.6 is 0 Å². The maximum atomic E-state index is 13.2. The van der Waals surface area contributed by atoms with Crippen LogP contribution in [0.4, 0.5) is 0 Å². The molecular formula is C19H26N6O4. The van der Waals surface area contributed by atoms with Gasteiger partial charge in [0.15, 0.2) is 11.2 Å². The van der Waals surface area contributed by atoms with Gasteiger partial charge in [-0.15, -0.1) is 0 Å². The van der Waals surface area contributed by atoms with Crippen LogP contribution in [0.1, 0.15) is 38.6 Å². The number of nitrogens with zero attached hydrogens (tertiary/aromatic N) is 6. The van der Waals surface area contributed by atoms with Crippen molar-refractivity contribution in [2.75, 3.05) is 7.11 Å². The van der Waals surface area contributed by atoms with Gasteiger partial charge in [0.1, 0.15) is 6.54 Å². The topological polar surface area (TPSA) is 106 Å². The molecule has 0 bridgehead atoms. The normalized spacial score (nSPS) is 11.3. The Bertz CT molecular complexity index is 1180. The number of aromatic nitrogens is 6. The molecule has 3 aromatic rings. The molecule has 0 N–H and O–H groups in total. The van der Waals surface area contributed by atoms with Crippen LogP contribution in [0.3, 0.4) is 0 Å². The molecule has 29 heavy (non-hydrogen) atoms. The second kappa shape index (κ2) is 8.06. The predicted molar refractivity (Wildman–Crippen MR) is 107 cm³/mol. The van der Waals surface area contributed by atoms with Crippen molar-refractivity contribution in [3.8, 4) is 5.95 Å². The van der Waals surface area contributed by atoms with E-state index in [0.717, 1.165) is 35.2 Å². The van der Waals surface area contributed by atoms with E-state index in [-0.39, 0.29) is 11.2 Å². The lowest BCUT2D eigenvalue weighted by Crippen LogP contribution is -2.41. The minimum absolute atomic E-state index is 0.264. The van der Waals surface area contributed by atoms with Gasteiger partial charge in [-0.3, -0.25) is 14.2 Å². The summed E-state index contributed by atoms with van der Waals surface area (Å²) in [6.07, 6.45) is 2.27. The molecule has 0 saturated heterocycles. The largest absolute Gasteiger partial charge is 0.468 e. The van der Waals surface area contributed by atoms with E-state index in [0.29, 0.717) is 12.5 Å². The number of hydrogen-bond donors (Lipinski definition) is 0. The molecule has 0 atom stereocenters. The maximum absolute atomic E-state index is 13.2. The summed E-state index contributed by atoms with van der Waals surface area (Å²) < 4.78 is 10.3. The van der Waals surface area contributed by atoms with Crippen molar-refractivity contribution in [3.63, 3.8) is 0 Å². The van der Waals surface area contributed by atoms with Gasteiger partial charge < -0.3 is 9.30 Å². The Morgan fingerprint density at radius 3 is 2.45 bits per heavy atom. The first-order valence-electron chi connectivity index (χ1n) is 9.72. The molecule has 0 aromatic carbocycles. The van der Waals surface area contributed by atoms with Crippen molar-refractivity contribution in [1.29, 1.82) is 0 Å². The molecule has 0 unspecified atom stereocenters. The van der Waals surface area contributed by atoms with Gasteiger partial charge in [0.25, 0.3) is 5.56 Å². The first kappa shape index (κ1) is 20.6. The van der Waals surface area contributed by atoms with Crippen LogP contribution in [0.25, 0.3) is 17.1 Å². The standard InChI is InChI=1S/C19H26N6O4/c1-6-9-23-15-16(20-18(23)25-13(8-3)10-12(7-2)21-25)22(4)19(28)24(17(15)27)11-14(26)29-5/h10H,6-9,11H2,1-5H3. The lowest BCUT2D eigenvalue weighted by Gasteiger charge is -2.10. The summed E-state index contributed by atoms with van der Waals surface area (Å²) >= 11 is 0. The van der Waals surface area contributed by atoms with Gasteiger partial charge in [0, 0.05) is 19.3 Å². The zero-order chi connectivity index (χ0) is 21.3. The van der Waals surface area contributed by atoms with E-state index in [4.69, 9.17) is 0 Å². The summed E-state index contributed by atoms with van der Waals surface area (Å²) in [5.41, 5.74) is 1.24. The highest BCUT2D eigenvalue weighted by Gasteiger charge is 2.23. The summed E-state index contributed by atoms with van der Waals surface area (Å²) in [6, 6.07) is 2.02. The van der Waals surface area contributed by atoms with Crippen LogP contribution in [0.15, 0.2) is 15.7 Å². The van der Waals surface area contributed by atoms with Gasteiger partial charge in [0.2, 0.25) is 5.95 Å². The molecule has 0 aliphatic rings. The molecule has 0 spiro atoms. The first-order valence-corrected chi connectivity index (χ1v) is 9.72. The van der Waals surface area contributed by atoms with Gasteiger partial charge in [-0.25, -0.2) is 14.0 Å². The number of methoxy groups -OCH3 is 1. The Labute approximate surface area is 167 Å². The number of carbonyl (C=O) groups is 1. The fourth-order valence-electron chi connectivity index (χ4n) is 3.36. The van der Waals surface area contributed by atoms with Gasteiger partial charge in [-0.2, -0.15) is 10.1 Å². The van der Waals surface area contributed by atoms with Crippen molar-refractivity contribution in [3.05, 3.63) is 38.3 Å². The van der Waals surface area contributed by atoms with E-state index in [2.05, 4.69) is 14.8 Å². The van der Waals surface area contributed by atoms with Crippen LogP contribution in [0.2, 0.25) is 0 Å². The van der Waals surface area contributed by atoms with Crippen molar-refractivity contribution in [2.45, 2.75) is 53.1 Å². The quantitative estimate of drug-likeness (QED) is 0.541. The first-order chi connectivity index (χ1) is 13.9. The molecule has 0 saturated carbocycles. The maximum Gasteiger partial charge on any atom is 0.333 e. The Kier molecular flexibility index (Phi) is 5.71. The summed E-state index contributed by atoms with van der Waals surface area (Å²) in [5, 5.41) is 4.64. The fraction of sp³-hybridized carbons (Fsp3) is 0.526. The van der Waals surface area contributed by atoms with Gasteiger partial charge >= 0.3 is 11.7 Å². The molecule has 3 heterocycles. The summed E-state index contributed by atoms with van der Waals surface area (Å²) in [4.78, 5) is 42.2. The molecule has 3 aromatic heterocycles. The van der Waals surface area contributed by atoms with E-state index in [1.807, 2.05) is 26.8 Å². The van der Waals surface area contributed by atoms with E-state index >= 15 is 0 Å². The average Bonchev–Trinajstić information content (AvgIpc) is 3.31. The zero-order valence-electron chi connectivity index (χ0n) is 17.4. The van der Waals surface area contributed by atoms with E-state index in [9.17, 15) is 14.4 Å². The van der Waals surface area contributed by atoms with E-state index in [1.165, 1.54) is 18.7 Å². The third-order valence-electron chi connectivity index (χ3n) is 4.92. The van der Waals surface area contributed by atoms with Crippen LogP contribution in [-0.2, 0) is 42.5 Å². The molecular weight excluding hydrogens is 376 g/mol. The summed E-state index contributed by atoms with van der Waals surface area (Å²) in [6.45, 7) is 6.11. The molecule has 0 aliphatic heterocycles. The minimum atomic E-state index is -0.668. The highest BCUT2D eigenvalue weighted by Crippen LogP contribution is 2.19. The third-order valence-corrected chi connectivity index (χ3v) is 4.92. The van der Waals surface area contributed by atoms with Gasteiger partial charge in [-0.1, -0.05) is 20.8 Å². The minimum Gasteiger partial charge on any atom is -0.468 e. The third kappa shape index (κ3) is 3.39. The van der Waals surface area contributed by atoms with Crippen molar-refractivity contribution >= 4 is 17.1 Å². The molecule has 3 rings (SSSR count). The zero-order valence-corrected chi connectivity index (χ0v) is 17.4. The lowest BCUT2D eigenvalue weighted by atomic mass is 10.3. The van der Waals surface area contributed by atoms with Crippen LogP contribution in [-0.4, -0.2) is 41.5 Å². The van der Waals surface area contributed by atoms with Crippen LogP contribution in [0.5, 0.6) is 0 Å². The number of ether oxygens (including phenoxy) is 1. The fourth-order valence-corrected chi connectivity index (χ4v) is 3.36. The molecule has 0 aliphatic carbocycles. The van der Waals surface area contributed by atoms with Crippen molar-refractivity contribution in [2.24, 2.45) is 7.05 Å². The Hall–Kier alpha value is -3.17. The second-order valence-corrected chi connectivity index (χ2v) is 6.79. The molecule has 156 valence electrons. The molecule has 0 radical (unpaired) electrons. The Morgan fingerprint density at radius 2 is 1.86 bits per heavy atom. The summed E-state index contributed by atoms with van der Waals surface area (Å²) in [5.74, 6) is -0.181.